The van der Waals surface area contributed by atoms with Gasteiger partial charge in [-0.05, 0) is 41.3 Å². The highest BCUT2D eigenvalue weighted by Crippen LogP contribution is 2.25. The molecule has 0 aromatic heterocycles. The van der Waals surface area contributed by atoms with Crippen LogP contribution in [0, 0.1) is 5.92 Å². The Labute approximate surface area is 178 Å². The minimum Gasteiger partial charge on any atom is -0.497 e. The van der Waals surface area contributed by atoms with E-state index in [4.69, 9.17) is 9.47 Å². The van der Waals surface area contributed by atoms with Gasteiger partial charge in [-0.25, -0.2) is 0 Å². The Balaban J connectivity index is 1.59. The fourth-order valence-electron chi connectivity index (χ4n) is 3.62. The van der Waals surface area contributed by atoms with E-state index < -0.39 is 6.04 Å². The van der Waals surface area contributed by atoms with Crippen molar-refractivity contribution in [2.75, 3.05) is 20.3 Å². The van der Waals surface area contributed by atoms with E-state index in [-0.39, 0.29) is 17.7 Å². The van der Waals surface area contributed by atoms with Crippen LogP contribution in [0.3, 0.4) is 0 Å². The fraction of sp³-hybridized carbons (Fsp3) is 0.417. The maximum absolute atomic E-state index is 12.9. The monoisotopic (exact) mass is 410 g/mol. The second kappa shape index (κ2) is 10.1. The van der Waals surface area contributed by atoms with E-state index in [1.165, 1.54) is 0 Å². The van der Waals surface area contributed by atoms with Crippen molar-refractivity contribution in [3.63, 3.8) is 0 Å². The third-order valence-electron chi connectivity index (χ3n) is 5.18. The lowest BCUT2D eigenvalue weighted by Crippen LogP contribution is -2.53. The molecule has 0 saturated heterocycles. The van der Waals surface area contributed by atoms with E-state index in [0.717, 1.165) is 16.9 Å². The molecule has 0 fully saturated rings. The van der Waals surface area contributed by atoms with Gasteiger partial charge in [0.25, 0.3) is 0 Å². The first-order valence-corrected chi connectivity index (χ1v) is 10.4. The van der Waals surface area contributed by atoms with Crippen LogP contribution < -0.4 is 14.8 Å². The Morgan fingerprint density at radius 1 is 1.07 bits per heavy atom. The number of rotatable bonds is 8. The molecule has 6 heteroatoms. The Kier molecular flexibility index (Phi) is 7.33. The van der Waals surface area contributed by atoms with Crippen molar-refractivity contribution in [1.82, 2.24) is 10.2 Å². The summed E-state index contributed by atoms with van der Waals surface area (Å²) in [5.74, 6) is 1.61. The highest BCUT2D eigenvalue weighted by atomic mass is 16.5. The van der Waals surface area contributed by atoms with E-state index in [1.54, 1.807) is 12.0 Å². The zero-order chi connectivity index (χ0) is 21.5. The highest BCUT2D eigenvalue weighted by Gasteiger charge is 2.34. The minimum absolute atomic E-state index is 0.0223. The third-order valence-corrected chi connectivity index (χ3v) is 5.18. The summed E-state index contributed by atoms with van der Waals surface area (Å²) in [5, 5.41) is 2.93. The number of amides is 2. The number of hydrogen-bond donors (Lipinski definition) is 1. The van der Waals surface area contributed by atoms with Gasteiger partial charge >= 0.3 is 0 Å². The molecule has 3 rings (SSSR count). The van der Waals surface area contributed by atoms with Gasteiger partial charge in [0.1, 0.15) is 24.1 Å². The second-order valence-corrected chi connectivity index (χ2v) is 7.92. The van der Waals surface area contributed by atoms with Crippen molar-refractivity contribution in [2.24, 2.45) is 5.92 Å². The van der Waals surface area contributed by atoms with Crippen molar-refractivity contribution in [3.8, 4) is 11.5 Å². The summed E-state index contributed by atoms with van der Waals surface area (Å²) in [4.78, 5) is 27.5. The molecule has 1 atom stereocenters. The summed E-state index contributed by atoms with van der Waals surface area (Å²) in [6.45, 7) is 5.22. The predicted molar refractivity (Wildman–Crippen MR) is 115 cm³/mol. The summed E-state index contributed by atoms with van der Waals surface area (Å²) in [6, 6.07) is 14.8. The maximum atomic E-state index is 12.9. The van der Waals surface area contributed by atoms with E-state index in [1.807, 2.05) is 62.4 Å². The zero-order valence-electron chi connectivity index (χ0n) is 17.9. The molecule has 2 aromatic rings. The first-order chi connectivity index (χ1) is 14.5. The van der Waals surface area contributed by atoms with E-state index in [0.29, 0.717) is 38.3 Å². The number of methoxy groups -OCH3 is 1. The summed E-state index contributed by atoms with van der Waals surface area (Å²) in [7, 11) is 1.62. The van der Waals surface area contributed by atoms with Crippen LogP contribution in [0.5, 0.6) is 11.5 Å². The standard InChI is InChI=1S/C24H30N2O4/c1-17(2)14-23(27)26-16-19-7-5-4-6-18(19)15-22(26)24(28)25-12-13-30-21-10-8-20(29-3)9-11-21/h4-11,17,22H,12-16H2,1-3H3,(H,25,28). The summed E-state index contributed by atoms with van der Waals surface area (Å²) in [6.07, 6.45) is 0.970. The van der Waals surface area contributed by atoms with Gasteiger partial charge in [0, 0.05) is 19.4 Å². The maximum Gasteiger partial charge on any atom is 0.243 e. The molecule has 2 amide bonds. The fourth-order valence-corrected chi connectivity index (χ4v) is 3.62. The first kappa shape index (κ1) is 21.7. The van der Waals surface area contributed by atoms with E-state index >= 15 is 0 Å². The number of benzene rings is 2. The molecule has 1 aliphatic rings. The summed E-state index contributed by atoms with van der Waals surface area (Å²) in [5.41, 5.74) is 2.24. The number of nitrogens with zero attached hydrogens (tertiary/aromatic N) is 1. The van der Waals surface area contributed by atoms with E-state index in [9.17, 15) is 9.59 Å². The number of fused-ring (bicyclic) bond motifs is 1. The number of ether oxygens (including phenoxy) is 2. The van der Waals surface area contributed by atoms with Crippen LogP contribution in [0.1, 0.15) is 31.4 Å². The molecule has 160 valence electrons. The van der Waals surface area contributed by atoms with Crippen LogP contribution in [0.2, 0.25) is 0 Å². The highest BCUT2D eigenvalue weighted by molar-refractivity contribution is 5.88. The van der Waals surface area contributed by atoms with Crippen LogP contribution in [0.4, 0.5) is 0 Å². The lowest BCUT2D eigenvalue weighted by Gasteiger charge is -2.36. The minimum atomic E-state index is -0.493. The Morgan fingerprint density at radius 3 is 2.40 bits per heavy atom. The molecule has 6 nitrogen and oxygen atoms in total. The van der Waals surface area contributed by atoms with E-state index in [2.05, 4.69) is 5.32 Å². The lowest BCUT2D eigenvalue weighted by atomic mass is 9.92. The van der Waals surface area contributed by atoms with Crippen LogP contribution in [-0.4, -0.2) is 43.0 Å². The first-order valence-electron chi connectivity index (χ1n) is 10.4. The molecule has 2 aromatic carbocycles. The third kappa shape index (κ3) is 5.53. The zero-order valence-corrected chi connectivity index (χ0v) is 17.9. The number of nitrogens with one attached hydrogen (secondary N) is 1. The predicted octanol–water partition coefficient (Wildman–Crippen LogP) is 3.19. The quantitative estimate of drug-likeness (QED) is 0.679. The Hall–Kier alpha value is -3.02. The van der Waals surface area contributed by atoms with Crippen molar-refractivity contribution in [1.29, 1.82) is 0 Å². The Morgan fingerprint density at radius 2 is 1.73 bits per heavy atom. The van der Waals surface area contributed by atoms with Crippen molar-refractivity contribution in [2.45, 2.75) is 39.3 Å². The molecular formula is C24H30N2O4. The SMILES string of the molecule is COc1ccc(OCCNC(=O)C2Cc3ccccc3CN2C(=O)CC(C)C)cc1. The number of hydrogen-bond acceptors (Lipinski definition) is 4. The summed E-state index contributed by atoms with van der Waals surface area (Å²) >= 11 is 0. The van der Waals surface area contributed by atoms with Crippen molar-refractivity contribution < 1.29 is 19.1 Å². The average molecular weight is 411 g/mol. The Bertz CT molecular complexity index is 864. The molecule has 0 saturated carbocycles. The van der Waals surface area contributed by atoms with Gasteiger partial charge in [-0.3, -0.25) is 9.59 Å². The molecule has 30 heavy (non-hydrogen) atoms. The largest absolute Gasteiger partial charge is 0.497 e. The normalized spacial score (nSPS) is 15.5. The molecular weight excluding hydrogens is 380 g/mol. The molecule has 1 N–H and O–H groups in total. The molecule has 0 spiro atoms. The molecule has 0 radical (unpaired) electrons. The van der Waals surface area contributed by atoms with Crippen LogP contribution in [0.15, 0.2) is 48.5 Å². The van der Waals surface area contributed by atoms with Gasteiger partial charge in [-0.1, -0.05) is 38.1 Å². The average Bonchev–Trinajstić information content (AvgIpc) is 2.75. The van der Waals surface area contributed by atoms with Gasteiger partial charge in [-0.15, -0.1) is 0 Å². The topological polar surface area (TPSA) is 67.9 Å². The summed E-state index contributed by atoms with van der Waals surface area (Å²) < 4.78 is 10.8. The van der Waals surface area contributed by atoms with Gasteiger partial charge in [-0.2, -0.15) is 0 Å². The smallest absolute Gasteiger partial charge is 0.243 e. The molecule has 1 heterocycles. The van der Waals surface area contributed by atoms with Gasteiger partial charge < -0.3 is 19.7 Å². The van der Waals surface area contributed by atoms with Crippen molar-refractivity contribution >= 4 is 11.8 Å². The number of carbonyl (C=O) groups excluding carboxylic acids is 2. The second-order valence-electron chi connectivity index (χ2n) is 7.92. The molecule has 1 aliphatic heterocycles. The molecule has 0 aliphatic carbocycles. The lowest BCUT2D eigenvalue weighted by molar-refractivity contribution is -0.142. The van der Waals surface area contributed by atoms with Gasteiger partial charge in [0.05, 0.1) is 13.7 Å². The van der Waals surface area contributed by atoms with Crippen LogP contribution in [-0.2, 0) is 22.6 Å². The van der Waals surface area contributed by atoms with Gasteiger partial charge in [0.15, 0.2) is 0 Å². The van der Waals surface area contributed by atoms with Gasteiger partial charge in [0.2, 0.25) is 11.8 Å². The molecule has 1 unspecified atom stereocenters. The number of carbonyl (C=O) groups is 2. The van der Waals surface area contributed by atoms with Crippen LogP contribution in [0.25, 0.3) is 0 Å². The van der Waals surface area contributed by atoms with Crippen LogP contribution >= 0.6 is 0 Å². The van der Waals surface area contributed by atoms with Crippen molar-refractivity contribution in [3.05, 3.63) is 59.7 Å². The molecule has 0 bridgehead atoms.